The highest BCUT2D eigenvalue weighted by Gasteiger charge is 2.21. The summed E-state index contributed by atoms with van der Waals surface area (Å²) >= 11 is 0. The van der Waals surface area contributed by atoms with Crippen LogP contribution in [0.2, 0.25) is 0 Å². The van der Waals surface area contributed by atoms with Crippen molar-refractivity contribution in [3.05, 3.63) is 76.1 Å². The molecule has 2 aromatic carbocycles. The largest absolute Gasteiger partial charge is 0.375 e. The zero-order valence-corrected chi connectivity index (χ0v) is 16.1. The van der Waals surface area contributed by atoms with Gasteiger partial charge < -0.3 is 5.32 Å². The first-order valence-corrected chi connectivity index (χ1v) is 9.84. The Morgan fingerprint density at radius 1 is 1.18 bits per heavy atom. The highest BCUT2D eigenvalue weighted by atomic mass is 32.2. The normalized spacial score (nSPS) is 11.2. The van der Waals surface area contributed by atoms with Crippen LogP contribution < -0.4 is 10.0 Å². The van der Waals surface area contributed by atoms with E-state index < -0.39 is 14.9 Å². The molecule has 0 aliphatic rings. The van der Waals surface area contributed by atoms with Crippen LogP contribution in [-0.4, -0.2) is 23.1 Å². The average molecular weight is 401 g/mol. The number of nitro groups is 1. The number of sulfonamides is 1. The molecule has 0 unspecified atom stereocenters. The second-order valence-corrected chi connectivity index (χ2v) is 7.82. The molecule has 1 heterocycles. The van der Waals surface area contributed by atoms with Crippen LogP contribution in [0.5, 0.6) is 0 Å². The maximum absolute atomic E-state index is 12.5. The number of rotatable bonds is 7. The maximum atomic E-state index is 12.5. The Morgan fingerprint density at radius 3 is 2.50 bits per heavy atom. The summed E-state index contributed by atoms with van der Waals surface area (Å²) in [6.45, 7) is 2.22. The number of hydrogen-bond donors (Lipinski definition) is 2. The number of nitrogens with one attached hydrogen (secondary N) is 2. The minimum Gasteiger partial charge on any atom is -0.375 e. The van der Waals surface area contributed by atoms with E-state index >= 15 is 0 Å². The molecule has 0 saturated heterocycles. The van der Waals surface area contributed by atoms with Gasteiger partial charge in [0.05, 0.1) is 16.0 Å². The SMILES string of the molecule is Cc1c(CNc2ccc(S(=O)(=O)Nc3ccccc3)cc2[N+](=O)[O-])cnn1C. The zero-order chi connectivity index (χ0) is 20.3. The number of para-hydroxylation sites is 1. The van der Waals surface area contributed by atoms with Crippen molar-refractivity contribution in [2.24, 2.45) is 7.05 Å². The minimum atomic E-state index is -3.95. The first kappa shape index (κ1) is 19.4. The predicted molar refractivity (Wildman–Crippen MR) is 106 cm³/mol. The third-order valence-electron chi connectivity index (χ3n) is 4.31. The molecule has 0 radical (unpaired) electrons. The van der Waals surface area contributed by atoms with Crippen molar-refractivity contribution >= 4 is 27.1 Å². The van der Waals surface area contributed by atoms with E-state index in [4.69, 9.17) is 0 Å². The molecule has 0 amide bonds. The van der Waals surface area contributed by atoms with E-state index in [0.717, 1.165) is 17.3 Å². The summed E-state index contributed by atoms with van der Waals surface area (Å²) in [5, 5.41) is 18.6. The van der Waals surface area contributed by atoms with Gasteiger partial charge in [0.25, 0.3) is 15.7 Å². The lowest BCUT2D eigenvalue weighted by molar-refractivity contribution is -0.384. The number of nitro benzene ring substituents is 1. The summed E-state index contributed by atoms with van der Waals surface area (Å²) in [4.78, 5) is 10.7. The molecule has 10 heteroatoms. The molecular weight excluding hydrogens is 382 g/mol. The lowest BCUT2D eigenvalue weighted by atomic mass is 10.2. The second-order valence-electron chi connectivity index (χ2n) is 6.14. The zero-order valence-electron chi connectivity index (χ0n) is 15.3. The molecule has 0 spiro atoms. The van der Waals surface area contributed by atoms with Gasteiger partial charge in [0.15, 0.2) is 0 Å². The van der Waals surface area contributed by atoms with Crippen LogP contribution in [0.25, 0.3) is 0 Å². The highest BCUT2D eigenvalue weighted by Crippen LogP contribution is 2.29. The Hall–Kier alpha value is -3.40. The van der Waals surface area contributed by atoms with E-state index in [0.29, 0.717) is 12.2 Å². The van der Waals surface area contributed by atoms with Gasteiger partial charge in [-0.2, -0.15) is 5.10 Å². The van der Waals surface area contributed by atoms with Crippen molar-refractivity contribution < 1.29 is 13.3 Å². The van der Waals surface area contributed by atoms with Crippen LogP contribution in [0, 0.1) is 17.0 Å². The number of hydrogen-bond acceptors (Lipinski definition) is 6. The first-order valence-electron chi connectivity index (χ1n) is 8.35. The van der Waals surface area contributed by atoms with Gasteiger partial charge in [0, 0.05) is 36.6 Å². The number of anilines is 2. The van der Waals surface area contributed by atoms with Crippen LogP contribution in [0.1, 0.15) is 11.3 Å². The average Bonchev–Trinajstić information content (AvgIpc) is 2.98. The van der Waals surface area contributed by atoms with Crippen molar-refractivity contribution in [2.75, 3.05) is 10.0 Å². The molecule has 3 aromatic rings. The fourth-order valence-corrected chi connectivity index (χ4v) is 3.69. The van der Waals surface area contributed by atoms with E-state index in [1.165, 1.54) is 12.1 Å². The van der Waals surface area contributed by atoms with Gasteiger partial charge >= 0.3 is 0 Å². The van der Waals surface area contributed by atoms with Crippen molar-refractivity contribution in [3.8, 4) is 0 Å². The van der Waals surface area contributed by atoms with Crippen molar-refractivity contribution in [1.29, 1.82) is 0 Å². The van der Waals surface area contributed by atoms with Gasteiger partial charge in [-0.3, -0.25) is 19.5 Å². The first-order chi connectivity index (χ1) is 13.3. The Morgan fingerprint density at radius 2 is 1.89 bits per heavy atom. The number of benzene rings is 2. The maximum Gasteiger partial charge on any atom is 0.293 e. The topological polar surface area (TPSA) is 119 Å². The molecule has 0 bridgehead atoms. The molecule has 0 aliphatic heterocycles. The molecule has 9 nitrogen and oxygen atoms in total. The van der Waals surface area contributed by atoms with Gasteiger partial charge in [-0.05, 0) is 31.2 Å². The Bertz CT molecular complexity index is 1110. The molecule has 0 aliphatic carbocycles. The van der Waals surface area contributed by atoms with Crippen LogP contribution in [0.3, 0.4) is 0 Å². The van der Waals surface area contributed by atoms with Crippen molar-refractivity contribution in [2.45, 2.75) is 18.4 Å². The van der Waals surface area contributed by atoms with E-state index in [1.807, 2.05) is 6.92 Å². The molecular formula is C18H19N5O4S. The van der Waals surface area contributed by atoms with Gasteiger partial charge in [0.1, 0.15) is 5.69 Å². The van der Waals surface area contributed by atoms with Gasteiger partial charge in [0.2, 0.25) is 0 Å². The van der Waals surface area contributed by atoms with Gasteiger partial charge in [-0.1, -0.05) is 18.2 Å². The Balaban J connectivity index is 1.86. The third-order valence-corrected chi connectivity index (χ3v) is 5.69. The number of aryl methyl sites for hydroxylation is 1. The van der Waals surface area contributed by atoms with E-state index in [-0.39, 0.29) is 16.3 Å². The highest BCUT2D eigenvalue weighted by molar-refractivity contribution is 7.92. The molecule has 1 aromatic heterocycles. The quantitative estimate of drug-likeness (QED) is 0.464. The van der Waals surface area contributed by atoms with Crippen LogP contribution in [0.15, 0.2) is 59.6 Å². The molecule has 0 saturated carbocycles. The lowest BCUT2D eigenvalue weighted by Crippen LogP contribution is -2.13. The summed E-state index contributed by atoms with van der Waals surface area (Å²) in [5.41, 5.74) is 2.10. The monoisotopic (exact) mass is 401 g/mol. The molecule has 146 valence electrons. The van der Waals surface area contributed by atoms with Crippen molar-refractivity contribution in [3.63, 3.8) is 0 Å². The lowest BCUT2D eigenvalue weighted by Gasteiger charge is -2.11. The van der Waals surface area contributed by atoms with E-state index in [9.17, 15) is 18.5 Å². The van der Waals surface area contributed by atoms with E-state index in [2.05, 4.69) is 15.1 Å². The standard InChI is InChI=1S/C18H19N5O4S/c1-13-14(12-20-22(13)2)11-19-17-9-8-16(10-18(17)23(24)25)28(26,27)21-15-6-4-3-5-7-15/h3-10,12,19,21H,11H2,1-2H3. The van der Waals surface area contributed by atoms with Crippen LogP contribution in [0.4, 0.5) is 17.1 Å². The Labute approximate surface area is 162 Å². The molecule has 0 fully saturated rings. The molecule has 28 heavy (non-hydrogen) atoms. The minimum absolute atomic E-state index is 0.189. The second kappa shape index (κ2) is 7.69. The number of nitrogens with zero attached hydrogens (tertiary/aromatic N) is 3. The summed E-state index contributed by atoms with van der Waals surface area (Å²) in [7, 11) is -2.15. The predicted octanol–water partition coefficient (Wildman–Crippen LogP) is 3.05. The molecule has 3 rings (SSSR count). The fraction of sp³-hybridized carbons (Fsp3) is 0.167. The van der Waals surface area contributed by atoms with Gasteiger partial charge in [-0.25, -0.2) is 8.42 Å². The molecule has 0 atom stereocenters. The Kier molecular flexibility index (Phi) is 5.32. The fourth-order valence-electron chi connectivity index (χ4n) is 2.61. The number of aromatic nitrogens is 2. The molecule has 2 N–H and O–H groups in total. The van der Waals surface area contributed by atoms with Crippen LogP contribution in [-0.2, 0) is 23.6 Å². The summed E-state index contributed by atoms with van der Waals surface area (Å²) in [6, 6.07) is 12.1. The van der Waals surface area contributed by atoms with Crippen LogP contribution >= 0.6 is 0 Å². The summed E-state index contributed by atoms with van der Waals surface area (Å²) < 4.78 is 29.2. The third kappa shape index (κ3) is 4.12. The smallest absolute Gasteiger partial charge is 0.293 e. The van der Waals surface area contributed by atoms with Gasteiger partial charge in [-0.15, -0.1) is 0 Å². The summed E-state index contributed by atoms with van der Waals surface area (Å²) in [6.07, 6.45) is 1.68. The van der Waals surface area contributed by atoms with Crippen molar-refractivity contribution in [1.82, 2.24) is 9.78 Å². The van der Waals surface area contributed by atoms with E-state index in [1.54, 1.807) is 48.3 Å². The summed E-state index contributed by atoms with van der Waals surface area (Å²) in [5.74, 6) is 0.